The van der Waals surface area contributed by atoms with Crippen LogP contribution in [0, 0.1) is 5.41 Å². The van der Waals surface area contributed by atoms with Crippen molar-refractivity contribution >= 4 is 12.3 Å². The van der Waals surface area contributed by atoms with E-state index in [4.69, 9.17) is 0 Å². The Morgan fingerprint density at radius 1 is 1.44 bits per heavy atom. The van der Waals surface area contributed by atoms with Gasteiger partial charge in [0.1, 0.15) is 0 Å². The van der Waals surface area contributed by atoms with E-state index in [1.807, 2.05) is 0 Å². The Balaban J connectivity index is 1.79. The van der Waals surface area contributed by atoms with Gasteiger partial charge >= 0.3 is 0 Å². The zero-order valence-electron chi connectivity index (χ0n) is 9.42. The highest BCUT2D eigenvalue weighted by Crippen LogP contribution is 2.44. The van der Waals surface area contributed by atoms with Crippen LogP contribution in [0.4, 0.5) is 0 Å². The maximum atomic E-state index is 11.7. The van der Waals surface area contributed by atoms with Crippen LogP contribution in [-0.4, -0.2) is 31.6 Å². The maximum Gasteiger partial charge on any atom is 0.238 e. The first-order valence-corrected chi connectivity index (χ1v) is 5.94. The Labute approximate surface area is 95.3 Å². The van der Waals surface area contributed by atoms with E-state index >= 15 is 0 Å². The second-order valence-electron chi connectivity index (χ2n) is 4.88. The first-order valence-electron chi connectivity index (χ1n) is 5.94. The van der Waals surface area contributed by atoms with Crippen LogP contribution < -0.4 is 16.0 Å². The average molecular weight is 225 g/mol. The normalized spacial score (nSPS) is 26.9. The van der Waals surface area contributed by atoms with Gasteiger partial charge in [0.15, 0.2) is 0 Å². The quantitative estimate of drug-likeness (QED) is 0.350. The summed E-state index contributed by atoms with van der Waals surface area (Å²) in [5.41, 5.74) is 0.375. The summed E-state index contributed by atoms with van der Waals surface area (Å²) in [6.45, 7) is 1.18. The van der Waals surface area contributed by atoms with E-state index in [1.165, 1.54) is 25.7 Å². The van der Waals surface area contributed by atoms with Crippen molar-refractivity contribution in [2.24, 2.45) is 5.41 Å². The molecule has 1 saturated carbocycles. The Hall–Kier alpha value is -1.10. The van der Waals surface area contributed by atoms with Crippen LogP contribution in [0.15, 0.2) is 0 Å². The molecular formula is C11H19N3O2. The number of carbonyl (C=O) groups is 2. The van der Waals surface area contributed by atoms with Gasteiger partial charge in [-0.3, -0.25) is 9.59 Å². The van der Waals surface area contributed by atoms with Crippen molar-refractivity contribution in [3.8, 4) is 0 Å². The number of nitrogens with one attached hydrogen (secondary N) is 3. The van der Waals surface area contributed by atoms with Crippen LogP contribution in [0.5, 0.6) is 0 Å². The van der Waals surface area contributed by atoms with Crippen molar-refractivity contribution in [1.82, 2.24) is 16.0 Å². The number of hydrogen-bond donors (Lipinski definition) is 3. The summed E-state index contributed by atoms with van der Waals surface area (Å²) in [6, 6.07) is -0.0773. The number of amides is 2. The molecule has 2 aliphatic rings. The molecule has 1 atom stereocenters. The van der Waals surface area contributed by atoms with Crippen molar-refractivity contribution < 1.29 is 9.59 Å². The molecule has 2 amide bonds. The minimum absolute atomic E-state index is 0.00174. The van der Waals surface area contributed by atoms with Gasteiger partial charge in [0.25, 0.3) is 0 Å². The molecular weight excluding hydrogens is 206 g/mol. The molecule has 1 heterocycles. The summed E-state index contributed by atoms with van der Waals surface area (Å²) in [7, 11) is 0. The fourth-order valence-electron chi connectivity index (χ4n) is 2.91. The number of hydrogen-bond acceptors (Lipinski definition) is 3. The van der Waals surface area contributed by atoms with Crippen LogP contribution in [0.1, 0.15) is 32.1 Å². The van der Waals surface area contributed by atoms with Gasteiger partial charge in [-0.25, -0.2) is 0 Å². The predicted octanol–water partition coefficient (Wildman–Crippen LogP) is -0.272. The third kappa shape index (κ3) is 2.35. The molecule has 16 heavy (non-hydrogen) atoms. The van der Waals surface area contributed by atoms with E-state index in [1.54, 1.807) is 0 Å². The van der Waals surface area contributed by atoms with E-state index in [0.29, 0.717) is 11.8 Å². The standard InChI is InChI=1S/C11H19N3O2/c15-8-12-7-14-10(16)9-5-11(6-13-9)3-1-2-4-11/h8-9,13H,1-7H2,(H,12,15)(H,14,16)/t9-/m0/s1. The molecule has 5 nitrogen and oxygen atoms in total. The fraction of sp³-hybridized carbons (Fsp3) is 0.818. The molecule has 2 fully saturated rings. The molecule has 0 aromatic rings. The number of carbonyl (C=O) groups excluding carboxylic acids is 2. The molecule has 0 unspecified atom stereocenters. The molecule has 1 aliphatic heterocycles. The van der Waals surface area contributed by atoms with Gasteiger partial charge < -0.3 is 16.0 Å². The molecule has 1 spiro atoms. The zero-order valence-corrected chi connectivity index (χ0v) is 9.42. The molecule has 0 bridgehead atoms. The van der Waals surface area contributed by atoms with Gasteiger partial charge in [-0.1, -0.05) is 12.8 Å². The van der Waals surface area contributed by atoms with E-state index in [2.05, 4.69) is 16.0 Å². The minimum Gasteiger partial charge on any atom is -0.341 e. The average Bonchev–Trinajstić information content (AvgIpc) is 2.90. The Bertz CT molecular complexity index is 274. The third-order valence-electron chi connectivity index (χ3n) is 3.79. The molecule has 0 aromatic heterocycles. The maximum absolute atomic E-state index is 11.7. The predicted molar refractivity (Wildman–Crippen MR) is 59.5 cm³/mol. The van der Waals surface area contributed by atoms with Crippen LogP contribution in [-0.2, 0) is 9.59 Å². The van der Waals surface area contributed by atoms with E-state index < -0.39 is 0 Å². The highest BCUT2D eigenvalue weighted by atomic mass is 16.2. The smallest absolute Gasteiger partial charge is 0.238 e. The van der Waals surface area contributed by atoms with Crippen LogP contribution in [0.2, 0.25) is 0 Å². The summed E-state index contributed by atoms with van der Waals surface area (Å²) in [6.07, 6.45) is 6.61. The molecule has 1 saturated heterocycles. The Kier molecular flexibility index (Phi) is 3.43. The van der Waals surface area contributed by atoms with Crippen molar-refractivity contribution in [3.05, 3.63) is 0 Å². The molecule has 1 aliphatic carbocycles. The molecule has 5 heteroatoms. The van der Waals surface area contributed by atoms with Crippen molar-refractivity contribution in [2.75, 3.05) is 13.2 Å². The molecule has 2 rings (SSSR count). The van der Waals surface area contributed by atoms with Crippen LogP contribution >= 0.6 is 0 Å². The van der Waals surface area contributed by atoms with Crippen LogP contribution in [0.25, 0.3) is 0 Å². The van der Waals surface area contributed by atoms with Crippen LogP contribution in [0.3, 0.4) is 0 Å². The van der Waals surface area contributed by atoms with Gasteiger partial charge in [0.2, 0.25) is 12.3 Å². The van der Waals surface area contributed by atoms with Gasteiger partial charge in [-0.2, -0.15) is 0 Å². The molecule has 90 valence electrons. The zero-order chi connectivity index (χ0) is 11.4. The molecule has 0 aromatic carbocycles. The fourth-order valence-corrected chi connectivity index (χ4v) is 2.91. The van der Waals surface area contributed by atoms with Crippen molar-refractivity contribution in [3.63, 3.8) is 0 Å². The molecule has 3 N–H and O–H groups in total. The van der Waals surface area contributed by atoms with Gasteiger partial charge in [0, 0.05) is 6.54 Å². The third-order valence-corrected chi connectivity index (χ3v) is 3.79. The van der Waals surface area contributed by atoms with Crippen molar-refractivity contribution in [1.29, 1.82) is 0 Å². The monoisotopic (exact) mass is 225 g/mol. The Morgan fingerprint density at radius 3 is 2.88 bits per heavy atom. The SMILES string of the molecule is O=CNCNC(=O)[C@@H]1CC2(CCCC2)CN1. The Morgan fingerprint density at radius 2 is 2.19 bits per heavy atom. The first-order chi connectivity index (χ1) is 7.76. The lowest BCUT2D eigenvalue weighted by molar-refractivity contribution is -0.123. The molecule has 0 radical (unpaired) electrons. The largest absolute Gasteiger partial charge is 0.341 e. The lowest BCUT2D eigenvalue weighted by atomic mass is 9.84. The van der Waals surface area contributed by atoms with E-state index in [-0.39, 0.29) is 18.6 Å². The van der Waals surface area contributed by atoms with E-state index in [0.717, 1.165) is 13.0 Å². The summed E-state index contributed by atoms with van der Waals surface area (Å²) >= 11 is 0. The second kappa shape index (κ2) is 4.82. The summed E-state index contributed by atoms with van der Waals surface area (Å²) in [5.74, 6) is -0.00174. The van der Waals surface area contributed by atoms with Gasteiger partial charge in [0.05, 0.1) is 12.7 Å². The lowest BCUT2D eigenvalue weighted by Crippen LogP contribution is -2.43. The topological polar surface area (TPSA) is 70.2 Å². The van der Waals surface area contributed by atoms with Crippen molar-refractivity contribution in [2.45, 2.75) is 38.1 Å². The second-order valence-corrected chi connectivity index (χ2v) is 4.88. The highest BCUT2D eigenvalue weighted by Gasteiger charge is 2.42. The summed E-state index contributed by atoms with van der Waals surface area (Å²) in [5, 5.41) is 8.40. The summed E-state index contributed by atoms with van der Waals surface area (Å²) in [4.78, 5) is 21.8. The number of rotatable bonds is 4. The van der Waals surface area contributed by atoms with Gasteiger partial charge in [-0.05, 0) is 24.7 Å². The van der Waals surface area contributed by atoms with Gasteiger partial charge in [-0.15, -0.1) is 0 Å². The minimum atomic E-state index is -0.0773. The first kappa shape index (κ1) is 11.4. The summed E-state index contributed by atoms with van der Waals surface area (Å²) < 4.78 is 0. The highest BCUT2D eigenvalue weighted by molar-refractivity contribution is 5.82. The lowest BCUT2D eigenvalue weighted by Gasteiger charge is -2.20. The van der Waals surface area contributed by atoms with E-state index in [9.17, 15) is 9.59 Å².